The van der Waals surface area contributed by atoms with Crippen LogP contribution < -0.4 is 0 Å². The zero-order valence-corrected chi connectivity index (χ0v) is 5.26. The van der Waals surface area contributed by atoms with E-state index in [4.69, 9.17) is 11.6 Å². The first-order chi connectivity index (χ1) is 2.81. The predicted molar refractivity (Wildman–Crippen MR) is 33.2 cm³/mol. The van der Waals surface area contributed by atoms with Crippen molar-refractivity contribution in [3.8, 4) is 0 Å². The quantitative estimate of drug-likeness (QED) is 0.508. The molecule has 36 valence electrons. The van der Waals surface area contributed by atoms with Gasteiger partial charge in [-0.3, -0.25) is 0 Å². The molecule has 0 unspecified atom stereocenters. The van der Waals surface area contributed by atoms with Gasteiger partial charge >= 0.3 is 0 Å². The van der Waals surface area contributed by atoms with Gasteiger partial charge in [0.15, 0.2) is 0 Å². The molecule has 2 heteroatoms. The maximum Gasteiger partial charge on any atom is 0.0238 e. The summed E-state index contributed by atoms with van der Waals surface area (Å²) < 4.78 is 0. The highest BCUT2D eigenvalue weighted by molar-refractivity contribution is 7.83. The molecule has 0 N–H and O–H groups in total. The second-order valence-corrected chi connectivity index (χ2v) is 1.67. The summed E-state index contributed by atoms with van der Waals surface area (Å²) in [5.74, 6) is 0. The third-order valence-corrected chi connectivity index (χ3v) is 1.32. The average molecular weight is 123 g/mol. The monoisotopic (exact) mass is 122 g/mol. The summed E-state index contributed by atoms with van der Waals surface area (Å²) in [5.41, 5.74) is 0. The molecule has 0 bridgehead atoms. The molecule has 0 rings (SSSR count). The van der Waals surface area contributed by atoms with E-state index in [0.717, 1.165) is 11.5 Å². The maximum atomic E-state index is 5.43. The molecule has 0 fully saturated rings. The van der Waals surface area contributed by atoms with Gasteiger partial charge in [0.25, 0.3) is 0 Å². The van der Waals surface area contributed by atoms with Crippen molar-refractivity contribution in [2.24, 2.45) is 0 Å². The molecule has 6 heavy (non-hydrogen) atoms. The Balaban J connectivity index is 3.22. The Bertz CT molecular complexity index is 58.6. The minimum atomic E-state index is 0.804. The summed E-state index contributed by atoms with van der Waals surface area (Å²) in [4.78, 5) is 0. The van der Waals surface area contributed by atoms with E-state index >= 15 is 0 Å². The van der Waals surface area contributed by atoms with Gasteiger partial charge in [-0.1, -0.05) is 18.5 Å². The fourth-order valence-corrected chi connectivity index (χ4v) is 0.274. The van der Waals surface area contributed by atoms with Crippen LogP contribution >= 0.6 is 24.2 Å². The standard InChI is InChI=1S/C4H7ClS/c1-2-4(5)3-6/h3,6H,2H2,1H3/b4-3+. The topological polar surface area (TPSA) is 0 Å². The number of rotatable bonds is 1. The molecule has 0 heterocycles. The summed E-state index contributed by atoms with van der Waals surface area (Å²) in [7, 11) is 0. The van der Waals surface area contributed by atoms with Crippen molar-refractivity contribution in [3.63, 3.8) is 0 Å². The fraction of sp³-hybridized carbons (Fsp3) is 0.500. The molecular weight excluding hydrogens is 116 g/mol. The first kappa shape index (κ1) is 6.38. The molecule has 0 aromatic rings. The lowest BCUT2D eigenvalue weighted by Crippen LogP contribution is -1.57. The number of halogens is 1. The van der Waals surface area contributed by atoms with Gasteiger partial charge in [0.2, 0.25) is 0 Å². The van der Waals surface area contributed by atoms with Crippen LogP contribution in [0.4, 0.5) is 0 Å². The predicted octanol–water partition coefficient (Wildman–Crippen LogP) is 2.41. The SMILES string of the molecule is CC/C(Cl)=C\S. The summed E-state index contributed by atoms with van der Waals surface area (Å²) in [6.07, 6.45) is 0.880. The van der Waals surface area contributed by atoms with Crippen LogP contribution in [0.25, 0.3) is 0 Å². The van der Waals surface area contributed by atoms with E-state index in [1.165, 1.54) is 0 Å². The lowest BCUT2D eigenvalue weighted by atomic mass is 10.5. The average Bonchev–Trinajstić information content (AvgIpc) is 1.65. The third-order valence-electron chi connectivity index (χ3n) is 0.478. The van der Waals surface area contributed by atoms with Crippen molar-refractivity contribution in [2.45, 2.75) is 13.3 Å². The second kappa shape index (κ2) is 3.57. The molecule has 0 aromatic heterocycles. The zero-order valence-electron chi connectivity index (χ0n) is 3.61. The van der Waals surface area contributed by atoms with Gasteiger partial charge in [-0.15, -0.1) is 0 Å². The normalized spacial score (nSPS) is 12.2. The zero-order chi connectivity index (χ0) is 4.99. The van der Waals surface area contributed by atoms with Gasteiger partial charge in [0.05, 0.1) is 0 Å². The Morgan fingerprint density at radius 3 is 2.50 bits per heavy atom. The van der Waals surface area contributed by atoms with E-state index in [1.54, 1.807) is 5.41 Å². The highest BCUT2D eigenvalue weighted by Gasteiger charge is 1.77. The van der Waals surface area contributed by atoms with Crippen LogP contribution in [-0.2, 0) is 0 Å². The Kier molecular flexibility index (Phi) is 3.79. The van der Waals surface area contributed by atoms with Gasteiger partial charge in [-0.05, 0) is 11.8 Å². The Morgan fingerprint density at radius 1 is 2.00 bits per heavy atom. The van der Waals surface area contributed by atoms with E-state index in [2.05, 4.69) is 12.6 Å². The Labute approximate surface area is 48.6 Å². The number of hydrogen-bond acceptors (Lipinski definition) is 1. The van der Waals surface area contributed by atoms with Crippen molar-refractivity contribution in [1.29, 1.82) is 0 Å². The molecular formula is C4H7ClS. The Morgan fingerprint density at radius 2 is 2.50 bits per heavy atom. The van der Waals surface area contributed by atoms with Crippen molar-refractivity contribution in [3.05, 3.63) is 10.4 Å². The molecule has 0 amide bonds. The second-order valence-electron chi connectivity index (χ2n) is 0.930. The summed E-state index contributed by atoms with van der Waals surface area (Å²) in [6, 6.07) is 0. The van der Waals surface area contributed by atoms with E-state index in [0.29, 0.717) is 0 Å². The van der Waals surface area contributed by atoms with Crippen molar-refractivity contribution >= 4 is 24.2 Å². The van der Waals surface area contributed by atoms with Crippen molar-refractivity contribution < 1.29 is 0 Å². The fourth-order valence-electron chi connectivity index (χ4n) is 0.0913. The molecule has 0 spiro atoms. The molecule has 0 radical (unpaired) electrons. The van der Waals surface area contributed by atoms with E-state index in [-0.39, 0.29) is 0 Å². The summed E-state index contributed by atoms with van der Waals surface area (Å²) in [5, 5.41) is 2.40. The molecule has 0 aromatic carbocycles. The van der Waals surface area contributed by atoms with Gasteiger partial charge in [0, 0.05) is 5.03 Å². The highest BCUT2D eigenvalue weighted by Crippen LogP contribution is 2.05. The van der Waals surface area contributed by atoms with Gasteiger partial charge in [-0.25, -0.2) is 0 Å². The van der Waals surface area contributed by atoms with Crippen molar-refractivity contribution in [2.75, 3.05) is 0 Å². The lowest BCUT2D eigenvalue weighted by Gasteiger charge is -1.80. The molecule has 0 saturated carbocycles. The minimum Gasteiger partial charge on any atom is -0.150 e. The van der Waals surface area contributed by atoms with Crippen LogP contribution in [0.2, 0.25) is 0 Å². The first-order valence-electron chi connectivity index (χ1n) is 1.80. The summed E-state index contributed by atoms with van der Waals surface area (Å²) in [6.45, 7) is 1.98. The van der Waals surface area contributed by atoms with Crippen LogP contribution in [0.1, 0.15) is 13.3 Å². The largest absolute Gasteiger partial charge is 0.150 e. The lowest BCUT2D eigenvalue weighted by molar-refractivity contribution is 1.20. The molecule has 0 aliphatic heterocycles. The van der Waals surface area contributed by atoms with Gasteiger partial charge in [0.1, 0.15) is 0 Å². The van der Waals surface area contributed by atoms with E-state index in [1.807, 2.05) is 6.92 Å². The molecule has 0 aliphatic rings. The molecule has 0 atom stereocenters. The first-order valence-corrected chi connectivity index (χ1v) is 2.69. The van der Waals surface area contributed by atoms with Crippen LogP contribution in [0, 0.1) is 0 Å². The smallest absolute Gasteiger partial charge is 0.0238 e. The molecule has 0 nitrogen and oxygen atoms in total. The Hall–Kier alpha value is 0.380. The highest BCUT2D eigenvalue weighted by atomic mass is 35.5. The number of thiol groups is 1. The molecule has 0 saturated heterocycles. The molecule has 0 aliphatic carbocycles. The van der Waals surface area contributed by atoms with Crippen LogP contribution in [0.15, 0.2) is 10.4 Å². The van der Waals surface area contributed by atoms with E-state index in [9.17, 15) is 0 Å². The summed E-state index contributed by atoms with van der Waals surface area (Å²) >= 11 is 9.24. The number of allylic oxidation sites excluding steroid dienone is 1. The number of hydrogen-bond donors (Lipinski definition) is 1. The third kappa shape index (κ3) is 2.61. The van der Waals surface area contributed by atoms with Gasteiger partial charge < -0.3 is 0 Å². The van der Waals surface area contributed by atoms with Crippen LogP contribution in [0.3, 0.4) is 0 Å². The van der Waals surface area contributed by atoms with E-state index < -0.39 is 0 Å². The van der Waals surface area contributed by atoms with Crippen molar-refractivity contribution in [1.82, 2.24) is 0 Å². The van der Waals surface area contributed by atoms with Crippen LogP contribution in [0.5, 0.6) is 0 Å². The minimum absolute atomic E-state index is 0.804. The van der Waals surface area contributed by atoms with Gasteiger partial charge in [-0.2, -0.15) is 12.6 Å². The van der Waals surface area contributed by atoms with Crippen LogP contribution in [-0.4, -0.2) is 0 Å². The maximum absolute atomic E-state index is 5.43.